The first-order valence-corrected chi connectivity index (χ1v) is 16.8. The van der Waals surface area contributed by atoms with Gasteiger partial charge in [-0.3, -0.25) is 0 Å². The average Bonchev–Trinajstić information content (AvgIpc) is 3.02. The van der Waals surface area contributed by atoms with Gasteiger partial charge in [-0.1, -0.05) is 0 Å². The summed E-state index contributed by atoms with van der Waals surface area (Å²) < 4.78 is 11.6. The quantitative estimate of drug-likeness (QED) is 0.497. The van der Waals surface area contributed by atoms with Crippen molar-refractivity contribution in [2.24, 2.45) is 0 Å². The number of pyridine rings is 1. The third-order valence-electron chi connectivity index (χ3n) is 5.13. The summed E-state index contributed by atoms with van der Waals surface area (Å²) in [7, 11) is 0. The van der Waals surface area contributed by atoms with Gasteiger partial charge >= 0.3 is 141 Å². The summed E-state index contributed by atoms with van der Waals surface area (Å²) in [6, 6.07) is 4.71. The van der Waals surface area contributed by atoms with Gasteiger partial charge in [0.15, 0.2) is 0 Å². The van der Waals surface area contributed by atoms with E-state index in [0.29, 0.717) is 0 Å². The van der Waals surface area contributed by atoms with Crippen LogP contribution in [0.1, 0.15) is 70.6 Å². The van der Waals surface area contributed by atoms with E-state index in [-0.39, 0.29) is 0 Å². The fourth-order valence-electron chi connectivity index (χ4n) is 3.64. The maximum atomic E-state index is 5.59. The number of nitrogens with zero attached hydrogens (tertiary/aromatic N) is 1. The Balaban J connectivity index is 2.30. The van der Waals surface area contributed by atoms with E-state index in [1.54, 1.807) is 3.71 Å². The second kappa shape index (κ2) is 9.26. The Morgan fingerprint density at radius 1 is 0.909 bits per heavy atom. The number of hydrogen-bond donors (Lipinski definition) is 0. The summed E-state index contributed by atoms with van der Waals surface area (Å²) in [4.78, 5) is 5.15. The molecule has 0 bridgehead atoms. The van der Waals surface area contributed by atoms with E-state index >= 15 is 0 Å². The van der Waals surface area contributed by atoms with E-state index in [1.807, 2.05) is 0 Å². The van der Waals surface area contributed by atoms with Crippen molar-refractivity contribution in [3.8, 4) is 0 Å². The first kappa shape index (κ1) is 18.3. The molecule has 0 amide bonds. The molecule has 22 heavy (non-hydrogen) atoms. The number of aromatic nitrogens is 1. The van der Waals surface area contributed by atoms with Crippen LogP contribution in [0.3, 0.4) is 0 Å². The molecule has 0 radical (unpaired) electrons. The van der Waals surface area contributed by atoms with E-state index in [0.717, 1.165) is 13.2 Å². The van der Waals surface area contributed by atoms with E-state index in [4.69, 9.17) is 9.72 Å². The van der Waals surface area contributed by atoms with Crippen molar-refractivity contribution in [3.05, 3.63) is 23.4 Å². The van der Waals surface area contributed by atoms with E-state index in [2.05, 4.69) is 32.9 Å². The third-order valence-corrected chi connectivity index (χ3v) is 20.3. The molecule has 3 heteroatoms. The summed E-state index contributed by atoms with van der Waals surface area (Å²) in [5, 5.41) is 0. The number of unbranched alkanes of at least 4 members (excludes halogenated alkanes) is 3. The molecule has 0 N–H and O–H groups in total. The van der Waals surface area contributed by atoms with Gasteiger partial charge in [-0.05, 0) is 0 Å². The molecule has 0 aromatic carbocycles. The van der Waals surface area contributed by atoms with Crippen LogP contribution in [0.5, 0.6) is 0 Å². The van der Waals surface area contributed by atoms with Crippen molar-refractivity contribution in [2.75, 3.05) is 0 Å². The zero-order valence-corrected chi connectivity index (χ0v) is 17.6. The Morgan fingerprint density at radius 2 is 1.50 bits per heavy atom. The van der Waals surface area contributed by atoms with Gasteiger partial charge in [0.2, 0.25) is 0 Å². The molecule has 0 spiro atoms. The van der Waals surface area contributed by atoms with Gasteiger partial charge in [-0.25, -0.2) is 0 Å². The first-order chi connectivity index (χ1) is 10.8. The van der Waals surface area contributed by atoms with Gasteiger partial charge in [0.05, 0.1) is 0 Å². The minimum atomic E-state index is -2.33. The molecule has 1 aromatic rings. The fraction of sp³-hybridized carbons (Fsp3) is 0.737. The van der Waals surface area contributed by atoms with Crippen molar-refractivity contribution in [2.45, 2.75) is 85.8 Å². The standard InChI is InChI=1S/C7H6NO.3C4H9.Sn/c1-2-6-4-9-5-7(6)8-3-1;3*1-3-4-2;/h1-2H,4-5H2;3*1,3-4H2,2H3;. The second-order valence-electron chi connectivity index (χ2n) is 6.89. The predicted octanol–water partition coefficient (Wildman–Crippen LogP) is 5.17. The van der Waals surface area contributed by atoms with E-state index in [9.17, 15) is 0 Å². The zero-order chi connectivity index (χ0) is 15.8. The molecule has 2 rings (SSSR count). The molecule has 0 saturated heterocycles. The summed E-state index contributed by atoms with van der Waals surface area (Å²) in [6.45, 7) is 8.51. The monoisotopic (exact) mass is 411 g/mol. The number of rotatable bonds is 10. The zero-order valence-electron chi connectivity index (χ0n) is 14.8. The molecule has 0 fully saturated rings. The molecule has 2 heterocycles. The predicted molar refractivity (Wildman–Crippen MR) is 97.3 cm³/mol. The molecule has 124 valence electrons. The molecule has 1 aliphatic heterocycles. The Morgan fingerprint density at radius 3 is 2.05 bits per heavy atom. The number of ether oxygens (including phenoxy) is 1. The molecule has 1 aliphatic rings. The molecule has 0 atom stereocenters. The molecule has 0 saturated carbocycles. The van der Waals surface area contributed by atoms with E-state index < -0.39 is 18.4 Å². The maximum absolute atomic E-state index is 5.59. The van der Waals surface area contributed by atoms with Crippen LogP contribution < -0.4 is 3.71 Å². The van der Waals surface area contributed by atoms with Crippen molar-refractivity contribution in [1.82, 2.24) is 4.98 Å². The van der Waals surface area contributed by atoms with Gasteiger partial charge in [-0.15, -0.1) is 0 Å². The Kier molecular flexibility index (Phi) is 7.69. The third kappa shape index (κ3) is 4.47. The van der Waals surface area contributed by atoms with Crippen LogP contribution in [-0.2, 0) is 18.0 Å². The minimum absolute atomic E-state index is 0.737. The molecule has 0 aliphatic carbocycles. The van der Waals surface area contributed by atoms with Gasteiger partial charge in [0, 0.05) is 0 Å². The van der Waals surface area contributed by atoms with E-state index in [1.165, 1.54) is 63.1 Å². The normalized spacial score (nSPS) is 14.3. The summed E-state index contributed by atoms with van der Waals surface area (Å²) >= 11 is -2.33. The molecule has 2 nitrogen and oxygen atoms in total. The second-order valence-corrected chi connectivity index (χ2v) is 19.9. The first-order valence-electron chi connectivity index (χ1n) is 9.32. The topological polar surface area (TPSA) is 22.1 Å². The summed E-state index contributed by atoms with van der Waals surface area (Å²) in [5.74, 6) is 0. The van der Waals surface area contributed by atoms with Crippen LogP contribution in [0.25, 0.3) is 0 Å². The van der Waals surface area contributed by atoms with Crippen LogP contribution >= 0.6 is 0 Å². The SMILES string of the molecule is CCC[CH2][Sn]([CH2]CCC)([CH2]CCC)[c]1ccc2c(n1)COC2. The van der Waals surface area contributed by atoms with Crippen LogP contribution in [0, 0.1) is 0 Å². The fourth-order valence-corrected chi connectivity index (χ4v) is 19.1. The van der Waals surface area contributed by atoms with Gasteiger partial charge in [0.25, 0.3) is 0 Å². The summed E-state index contributed by atoms with van der Waals surface area (Å²) in [5.41, 5.74) is 2.56. The Hall–Kier alpha value is -0.0913. The summed E-state index contributed by atoms with van der Waals surface area (Å²) in [6.07, 6.45) is 8.18. The van der Waals surface area contributed by atoms with Crippen molar-refractivity contribution in [1.29, 1.82) is 0 Å². The van der Waals surface area contributed by atoms with Crippen molar-refractivity contribution >= 4 is 22.1 Å². The average molecular weight is 410 g/mol. The molecular formula is C19H33NOSn. The Labute approximate surface area is 140 Å². The van der Waals surface area contributed by atoms with Crippen LogP contribution in [0.15, 0.2) is 12.1 Å². The molecule has 1 aromatic heterocycles. The van der Waals surface area contributed by atoms with Crippen LogP contribution in [-0.4, -0.2) is 23.4 Å². The van der Waals surface area contributed by atoms with Crippen LogP contribution in [0.4, 0.5) is 0 Å². The van der Waals surface area contributed by atoms with Gasteiger partial charge in [-0.2, -0.15) is 0 Å². The number of hydrogen-bond acceptors (Lipinski definition) is 2. The number of fused-ring (bicyclic) bond motifs is 1. The van der Waals surface area contributed by atoms with Crippen LogP contribution in [0.2, 0.25) is 13.3 Å². The molecule has 0 unspecified atom stereocenters. The Bertz CT molecular complexity index is 439. The molecular weight excluding hydrogens is 377 g/mol. The van der Waals surface area contributed by atoms with Gasteiger partial charge in [0.1, 0.15) is 0 Å². The van der Waals surface area contributed by atoms with Gasteiger partial charge < -0.3 is 0 Å². The van der Waals surface area contributed by atoms with Crippen molar-refractivity contribution < 1.29 is 4.74 Å². The van der Waals surface area contributed by atoms with Crippen molar-refractivity contribution in [3.63, 3.8) is 0 Å².